The number of carboxylic acids is 1. The minimum atomic E-state index is -0.944. The van der Waals surface area contributed by atoms with Gasteiger partial charge in [-0.3, -0.25) is 9.48 Å². The van der Waals surface area contributed by atoms with Crippen LogP contribution in [0.15, 0.2) is 30.5 Å². The maximum absolute atomic E-state index is 11.1. The monoisotopic (exact) mass is 327 g/mol. The lowest BCUT2D eigenvalue weighted by Crippen LogP contribution is -2.16. The molecule has 124 valence electrons. The number of carbonyl (C=O) groups is 1. The van der Waals surface area contributed by atoms with E-state index in [0.717, 1.165) is 17.3 Å². The number of rotatable bonds is 5. The summed E-state index contributed by atoms with van der Waals surface area (Å²) in [5.41, 5.74) is 0.980. The minimum absolute atomic E-state index is 0.133. The normalized spacial score (nSPS) is 17.6. The van der Waals surface area contributed by atoms with Gasteiger partial charge in [-0.15, -0.1) is 0 Å². The lowest BCUT2D eigenvalue weighted by atomic mass is 10.1. The summed E-state index contributed by atoms with van der Waals surface area (Å²) in [4.78, 5) is 15.7. The van der Waals surface area contributed by atoms with E-state index in [9.17, 15) is 4.79 Å². The minimum Gasteiger partial charge on any atom is -0.480 e. The average molecular weight is 327 g/mol. The van der Waals surface area contributed by atoms with Crippen LogP contribution in [0.3, 0.4) is 0 Å². The fourth-order valence-corrected chi connectivity index (χ4v) is 2.96. The molecule has 1 N–H and O–H groups in total. The van der Waals surface area contributed by atoms with Crippen LogP contribution in [0.1, 0.15) is 24.0 Å². The first kappa shape index (κ1) is 14.8. The van der Waals surface area contributed by atoms with Crippen LogP contribution in [0, 0.1) is 0 Å². The summed E-state index contributed by atoms with van der Waals surface area (Å²) in [7, 11) is 0. The topological polar surface area (TPSA) is 95.1 Å². The van der Waals surface area contributed by atoms with Crippen LogP contribution >= 0.6 is 0 Å². The van der Waals surface area contributed by atoms with Gasteiger partial charge in [-0.2, -0.15) is 10.2 Å². The van der Waals surface area contributed by atoms with Crippen LogP contribution < -0.4 is 0 Å². The van der Waals surface area contributed by atoms with Crippen molar-refractivity contribution in [3.63, 3.8) is 0 Å². The highest BCUT2D eigenvalue weighted by Gasteiger charge is 2.24. The molecule has 1 aromatic carbocycles. The van der Waals surface area contributed by atoms with E-state index in [1.807, 2.05) is 28.9 Å². The number of benzene rings is 1. The number of para-hydroxylation sites is 1. The Morgan fingerprint density at radius 2 is 2.21 bits per heavy atom. The van der Waals surface area contributed by atoms with Gasteiger partial charge in [0.2, 0.25) is 0 Å². The quantitative estimate of drug-likeness (QED) is 0.758. The lowest BCUT2D eigenvalue weighted by molar-refractivity contribution is -0.137. The van der Waals surface area contributed by atoms with Crippen LogP contribution in [-0.2, 0) is 22.6 Å². The second kappa shape index (κ2) is 6.04. The second-order valence-electron chi connectivity index (χ2n) is 5.86. The van der Waals surface area contributed by atoms with Crippen molar-refractivity contribution in [2.75, 3.05) is 13.2 Å². The largest absolute Gasteiger partial charge is 0.480 e. The van der Waals surface area contributed by atoms with Crippen molar-refractivity contribution < 1.29 is 14.6 Å². The lowest BCUT2D eigenvalue weighted by Gasteiger charge is -2.04. The predicted octanol–water partition coefficient (Wildman–Crippen LogP) is 1.26. The zero-order chi connectivity index (χ0) is 16.5. The van der Waals surface area contributed by atoms with E-state index in [1.165, 1.54) is 4.68 Å². The van der Waals surface area contributed by atoms with E-state index in [4.69, 9.17) is 9.84 Å². The standard InChI is InChI=1S/C16H17N5O3/c22-15(23)9-21-14(18-16(19-21)12-5-6-24-10-12)8-20-13-4-2-1-3-11(13)7-17-20/h1-4,7,12H,5-6,8-10H2,(H,22,23)/t12-/m1/s1. The molecule has 0 unspecified atom stereocenters. The van der Waals surface area contributed by atoms with Crippen molar-refractivity contribution >= 4 is 16.9 Å². The van der Waals surface area contributed by atoms with Crippen LogP contribution in [0.4, 0.5) is 0 Å². The molecule has 3 heterocycles. The number of aromatic nitrogens is 5. The van der Waals surface area contributed by atoms with E-state index in [0.29, 0.717) is 31.4 Å². The molecule has 1 atom stereocenters. The first-order chi connectivity index (χ1) is 11.7. The van der Waals surface area contributed by atoms with Gasteiger partial charge in [0, 0.05) is 17.9 Å². The Kier molecular flexibility index (Phi) is 3.73. The summed E-state index contributed by atoms with van der Waals surface area (Å²) in [6.45, 7) is 1.44. The number of aliphatic carboxylic acids is 1. The zero-order valence-corrected chi connectivity index (χ0v) is 13.0. The van der Waals surface area contributed by atoms with Crippen molar-refractivity contribution in [1.82, 2.24) is 24.5 Å². The second-order valence-corrected chi connectivity index (χ2v) is 5.86. The van der Waals surface area contributed by atoms with E-state index < -0.39 is 5.97 Å². The summed E-state index contributed by atoms with van der Waals surface area (Å²) in [6.07, 6.45) is 2.65. The molecule has 0 spiro atoms. The SMILES string of the molecule is O=C(O)Cn1nc([C@@H]2CCOC2)nc1Cn1ncc2ccccc21. The highest BCUT2D eigenvalue weighted by Crippen LogP contribution is 2.23. The Morgan fingerprint density at radius 3 is 3.00 bits per heavy atom. The van der Waals surface area contributed by atoms with Crippen molar-refractivity contribution in [2.45, 2.75) is 25.4 Å². The molecular formula is C16H17N5O3. The molecule has 24 heavy (non-hydrogen) atoms. The predicted molar refractivity (Wildman–Crippen MR) is 84.7 cm³/mol. The maximum Gasteiger partial charge on any atom is 0.325 e. The number of fused-ring (bicyclic) bond motifs is 1. The molecule has 1 aliphatic heterocycles. The van der Waals surface area contributed by atoms with Gasteiger partial charge < -0.3 is 9.84 Å². The summed E-state index contributed by atoms with van der Waals surface area (Å²) >= 11 is 0. The number of hydrogen-bond donors (Lipinski definition) is 1. The fraction of sp³-hybridized carbons (Fsp3) is 0.375. The molecular weight excluding hydrogens is 310 g/mol. The van der Waals surface area contributed by atoms with Gasteiger partial charge in [0.25, 0.3) is 0 Å². The molecule has 3 aromatic rings. The molecule has 0 amide bonds. The van der Waals surface area contributed by atoms with Crippen molar-refractivity contribution in [3.8, 4) is 0 Å². The van der Waals surface area contributed by atoms with Gasteiger partial charge >= 0.3 is 5.97 Å². The van der Waals surface area contributed by atoms with Gasteiger partial charge in [0.15, 0.2) is 5.82 Å². The summed E-state index contributed by atoms with van der Waals surface area (Å²) in [6, 6.07) is 7.87. The highest BCUT2D eigenvalue weighted by molar-refractivity contribution is 5.78. The summed E-state index contributed by atoms with van der Waals surface area (Å²) < 4.78 is 8.65. The molecule has 0 bridgehead atoms. The number of nitrogens with zero attached hydrogens (tertiary/aromatic N) is 5. The number of hydrogen-bond acceptors (Lipinski definition) is 5. The Bertz CT molecular complexity index is 879. The Hall–Kier alpha value is -2.74. The fourth-order valence-electron chi connectivity index (χ4n) is 2.96. The zero-order valence-electron chi connectivity index (χ0n) is 13.0. The number of carboxylic acid groups (broad SMARTS) is 1. The molecule has 8 nitrogen and oxygen atoms in total. The van der Waals surface area contributed by atoms with Crippen LogP contribution in [-0.4, -0.2) is 48.8 Å². The molecule has 2 aromatic heterocycles. The average Bonchev–Trinajstić information content (AvgIpc) is 3.28. The van der Waals surface area contributed by atoms with Gasteiger partial charge in [0.05, 0.1) is 18.3 Å². The van der Waals surface area contributed by atoms with Crippen LogP contribution in [0.5, 0.6) is 0 Å². The third-order valence-electron chi connectivity index (χ3n) is 4.19. The Labute approximate surface area is 137 Å². The van der Waals surface area contributed by atoms with Gasteiger partial charge in [-0.25, -0.2) is 9.67 Å². The van der Waals surface area contributed by atoms with E-state index in [-0.39, 0.29) is 12.5 Å². The number of ether oxygens (including phenoxy) is 1. The molecule has 0 radical (unpaired) electrons. The maximum atomic E-state index is 11.1. The Balaban J connectivity index is 1.68. The summed E-state index contributed by atoms with van der Waals surface area (Å²) in [5, 5.41) is 18.9. The van der Waals surface area contributed by atoms with Crippen molar-refractivity contribution in [1.29, 1.82) is 0 Å². The van der Waals surface area contributed by atoms with Crippen molar-refractivity contribution in [3.05, 3.63) is 42.1 Å². The molecule has 1 fully saturated rings. The molecule has 8 heteroatoms. The third-order valence-corrected chi connectivity index (χ3v) is 4.19. The summed E-state index contributed by atoms with van der Waals surface area (Å²) in [5.74, 6) is 0.433. The van der Waals surface area contributed by atoms with Gasteiger partial charge in [-0.05, 0) is 12.5 Å². The van der Waals surface area contributed by atoms with Crippen LogP contribution in [0.25, 0.3) is 10.9 Å². The smallest absolute Gasteiger partial charge is 0.325 e. The van der Waals surface area contributed by atoms with Crippen molar-refractivity contribution in [2.24, 2.45) is 0 Å². The first-order valence-electron chi connectivity index (χ1n) is 7.84. The van der Waals surface area contributed by atoms with Gasteiger partial charge in [0.1, 0.15) is 18.9 Å². The first-order valence-corrected chi connectivity index (χ1v) is 7.84. The molecule has 0 saturated carbocycles. The third kappa shape index (κ3) is 2.76. The van der Waals surface area contributed by atoms with E-state index >= 15 is 0 Å². The highest BCUT2D eigenvalue weighted by atomic mass is 16.5. The van der Waals surface area contributed by atoms with Gasteiger partial charge in [-0.1, -0.05) is 18.2 Å². The van der Waals surface area contributed by atoms with E-state index in [2.05, 4.69) is 15.2 Å². The molecule has 1 saturated heterocycles. The molecule has 1 aliphatic rings. The van der Waals surface area contributed by atoms with E-state index in [1.54, 1.807) is 6.20 Å². The molecule has 0 aliphatic carbocycles. The Morgan fingerprint density at radius 1 is 1.33 bits per heavy atom. The van der Waals surface area contributed by atoms with Crippen LogP contribution in [0.2, 0.25) is 0 Å². The molecule has 4 rings (SSSR count).